The Hall–Kier alpha value is -5.96. The van der Waals surface area contributed by atoms with Crippen molar-refractivity contribution in [3.8, 4) is 11.5 Å². The predicted molar refractivity (Wildman–Crippen MR) is 235 cm³/mol. The number of nitrogens with two attached hydrogens (primary N) is 1. The van der Waals surface area contributed by atoms with Gasteiger partial charge in [-0.2, -0.15) is 0 Å². The normalized spacial score (nSPS) is 22.5. The Labute approximate surface area is 368 Å². The Morgan fingerprint density at radius 1 is 0.762 bits per heavy atom. The zero-order valence-electron chi connectivity index (χ0n) is 36.4. The third-order valence-corrected chi connectivity index (χ3v) is 13.2. The Kier molecular flexibility index (Phi) is 15.5. The number of amides is 6. The minimum absolute atomic E-state index is 0.000144. The van der Waals surface area contributed by atoms with Crippen LogP contribution in [0.5, 0.6) is 11.5 Å². The molecule has 2 fully saturated rings. The minimum Gasteiger partial charge on any atom is -0.508 e. The molecule has 0 bridgehead atoms. The van der Waals surface area contributed by atoms with E-state index < -0.39 is 66.7 Å². The summed E-state index contributed by atoms with van der Waals surface area (Å²) in [5.41, 5.74) is 9.46. The van der Waals surface area contributed by atoms with Gasteiger partial charge in [0.15, 0.2) is 6.61 Å². The average Bonchev–Trinajstić information content (AvgIpc) is 3.57. The molecule has 8 atom stereocenters. The number of primary amides is 1. The number of rotatable bonds is 19. The maximum Gasteiger partial charge on any atom is 0.258 e. The van der Waals surface area contributed by atoms with E-state index in [-0.39, 0.29) is 42.6 Å². The number of phenols is 1. The second-order valence-corrected chi connectivity index (χ2v) is 18.1. The van der Waals surface area contributed by atoms with E-state index in [1.807, 2.05) is 32.0 Å². The van der Waals surface area contributed by atoms with Crippen molar-refractivity contribution in [3.05, 3.63) is 95.1 Å². The molecule has 338 valence electrons. The number of carbonyl (C=O) groups excluding carboxylic acids is 6. The largest absolute Gasteiger partial charge is 0.508 e. The molecule has 6 rings (SSSR count). The summed E-state index contributed by atoms with van der Waals surface area (Å²) >= 11 is 0. The number of phenolic OH excluding ortho intramolecular Hbond substituents is 1. The summed E-state index contributed by atoms with van der Waals surface area (Å²) in [5.74, 6) is -1.75. The van der Waals surface area contributed by atoms with Crippen molar-refractivity contribution in [2.24, 2.45) is 28.9 Å². The van der Waals surface area contributed by atoms with E-state index >= 15 is 0 Å². The number of hydrogen-bond donors (Lipinski definition) is 8. The number of carbonyl (C=O) groups is 6. The zero-order chi connectivity index (χ0) is 45.3. The Morgan fingerprint density at radius 3 is 2.13 bits per heavy atom. The second-order valence-electron chi connectivity index (χ2n) is 18.1. The molecule has 0 heterocycles. The van der Waals surface area contributed by atoms with Gasteiger partial charge in [-0.1, -0.05) is 69.3 Å². The summed E-state index contributed by atoms with van der Waals surface area (Å²) in [6, 6.07) is 18.0. The average molecular weight is 867 g/mol. The molecule has 0 aromatic heterocycles. The zero-order valence-corrected chi connectivity index (χ0v) is 36.4. The van der Waals surface area contributed by atoms with Crippen LogP contribution in [0.4, 0.5) is 0 Å². The molecule has 6 amide bonds. The van der Waals surface area contributed by atoms with Crippen LogP contribution < -0.4 is 37.1 Å². The molecule has 0 spiro atoms. The number of ether oxygens (including phenoxy) is 1. The highest BCUT2D eigenvalue weighted by molar-refractivity contribution is 5.94. The van der Waals surface area contributed by atoms with Crippen molar-refractivity contribution in [2.75, 3.05) is 19.7 Å². The molecule has 15 nitrogen and oxygen atoms in total. The number of aliphatic hydroxyl groups is 1. The first-order chi connectivity index (χ1) is 30.1. The van der Waals surface area contributed by atoms with Crippen molar-refractivity contribution in [1.82, 2.24) is 26.6 Å². The van der Waals surface area contributed by atoms with Gasteiger partial charge in [0.1, 0.15) is 29.6 Å². The third-order valence-electron chi connectivity index (χ3n) is 13.2. The molecule has 1 unspecified atom stereocenters. The van der Waals surface area contributed by atoms with Gasteiger partial charge >= 0.3 is 0 Å². The van der Waals surface area contributed by atoms with E-state index in [1.165, 1.54) is 23.3 Å². The Morgan fingerprint density at radius 2 is 1.43 bits per heavy atom. The number of aromatic hydroxyl groups is 1. The Balaban J connectivity index is 1.01. The van der Waals surface area contributed by atoms with Crippen molar-refractivity contribution in [3.63, 3.8) is 0 Å². The maximum atomic E-state index is 13.5. The lowest BCUT2D eigenvalue weighted by Gasteiger charge is -2.50. The first-order valence-electron chi connectivity index (χ1n) is 22.1. The molecule has 3 aliphatic carbocycles. The van der Waals surface area contributed by atoms with Crippen molar-refractivity contribution < 1.29 is 43.7 Å². The van der Waals surface area contributed by atoms with Crippen LogP contribution in [0.1, 0.15) is 87.5 Å². The SMILES string of the molecule is CC(C)C[C@H](NC(=O)[C@H](Cc1ccccc1)NC(=O)CNC(=O)CNC(=O)[C@H](Cc1ccc(O)cc1)NC(=O)COc1ccc2c(c1)CC[C@@H]1[C@@H]2CC[C@]2(C)C(O)CC[C@@H]12)C(N)=O. The molecule has 0 saturated heterocycles. The molecular weight excluding hydrogens is 805 g/mol. The molecule has 0 radical (unpaired) electrons. The van der Waals surface area contributed by atoms with Gasteiger partial charge in [0.2, 0.25) is 29.5 Å². The number of benzene rings is 3. The lowest BCUT2D eigenvalue weighted by atomic mass is 9.55. The topological polar surface area (TPSA) is 238 Å². The summed E-state index contributed by atoms with van der Waals surface area (Å²) in [4.78, 5) is 78.0. The lowest BCUT2D eigenvalue weighted by molar-refractivity contribution is -0.132. The number of hydrogen-bond acceptors (Lipinski definition) is 9. The summed E-state index contributed by atoms with van der Waals surface area (Å²) in [7, 11) is 0. The Bertz CT molecular complexity index is 2110. The van der Waals surface area contributed by atoms with Crippen molar-refractivity contribution in [2.45, 2.75) is 109 Å². The minimum atomic E-state index is -1.12. The fourth-order valence-electron chi connectivity index (χ4n) is 9.91. The summed E-state index contributed by atoms with van der Waals surface area (Å²) in [6.07, 6.45) is 6.19. The molecule has 3 aromatic carbocycles. The van der Waals surface area contributed by atoms with E-state index in [2.05, 4.69) is 39.6 Å². The van der Waals surface area contributed by atoms with Gasteiger partial charge in [0.05, 0.1) is 19.2 Å². The van der Waals surface area contributed by atoms with Gasteiger partial charge < -0.3 is 47.3 Å². The summed E-state index contributed by atoms with van der Waals surface area (Å²) < 4.78 is 5.93. The second kappa shape index (κ2) is 20.9. The quantitative estimate of drug-likeness (QED) is 0.0883. The van der Waals surface area contributed by atoms with Crippen LogP contribution in [-0.4, -0.2) is 89.6 Å². The van der Waals surface area contributed by atoms with Gasteiger partial charge in [0, 0.05) is 12.8 Å². The fourth-order valence-corrected chi connectivity index (χ4v) is 9.91. The highest BCUT2D eigenvalue weighted by Gasteiger charge is 2.54. The van der Waals surface area contributed by atoms with Crippen LogP contribution in [0.15, 0.2) is 72.8 Å². The number of aryl methyl sites for hydroxylation is 1. The van der Waals surface area contributed by atoms with Gasteiger partial charge in [-0.15, -0.1) is 0 Å². The molecule has 0 aliphatic heterocycles. The summed E-state index contributed by atoms with van der Waals surface area (Å²) in [5, 5.41) is 33.5. The molecule has 2 saturated carbocycles. The molecule has 63 heavy (non-hydrogen) atoms. The van der Waals surface area contributed by atoms with E-state index in [4.69, 9.17) is 10.5 Å². The summed E-state index contributed by atoms with van der Waals surface area (Å²) in [6.45, 7) is 4.63. The molecule has 3 aliphatic rings. The first-order valence-corrected chi connectivity index (χ1v) is 22.1. The van der Waals surface area contributed by atoms with E-state index in [0.717, 1.165) is 44.1 Å². The standard InChI is InChI=1S/C48H62N6O9/c1-28(2)21-38(45(49)60)54-47(62)40(22-29-7-5-4-6-8-29)52-43(58)26-50-42(57)25-51-46(61)39(23-30-9-12-32(55)13-10-30)53-44(59)27-63-33-14-16-34-31(24-33)11-15-36-35(34)19-20-48(3)37(36)17-18-41(48)56/h4-10,12-14,16,24,28,35-41,55-56H,11,15,17-23,25-27H2,1-3H3,(H2,49,60)(H,50,57)(H,51,61)(H,52,58)(H,53,59)(H,54,62)/t35-,36-,37+,38+,39+,40+,41?,48+/m1/s1. The maximum absolute atomic E-state index is 13.5. The van der Waals surface area contributed by atoms with Crippen LogP contribution in [0.25, 0.3) is 0 Å². The number of fused-ring (bicyclic) bond motifs is 5. The monoisotopic (exact) mass is 866 g/mol. The van der Waals surface area contributed by atoms with Gasteiger partial charge in [-0.05, 0) is 121 Å². The van der Waals surface area contributed by atoms with Crippen LogP contribution in [0, 0.1) is 23.2 Å². The molecule has 15 heteroatoms. The van der Waals surface area contributed by atoms with Crippen LogP contribution in [0.2, 0.25) is 0 Å². The highest BCUT2D eigenvalue weighted by atomic mass is 16.5. The van der Waals surface area contributed by atoms with Crippen molar-refractivity contribution in [1.29, 1.82) is 0 Å². The van der Waals surface area contributed by atoms with Crippen LogP contribution in [-0.2, 0) is 48.0 Å². The van der Waals surface area contributed by atoms with Gasteiger partial charge in [-0.3, -0.25) is 28.8 Å². The lowest BCUT2D eigenvalue weighted by Crippen LogP contribution is -2.55. The first kappa shape index (κ1) is 46.5. The predicted octanol–water partition coefficient (Wildman–Crippen LogP) is 2.69. The number of nitrogens with one attached hydrogen (secondary N) is 5. The van der Waals surface area contributed by atoms with Crippen LogP contribution in [0.3, 0.4) is 0 Å². The van der Waals surface area contributed by atoms with E-state index in [0.29, 0.717) is 35.5 Å². The van der Waals surface area contributed by atoms with Gasteiger partial charge in [0.25, 0.3) is 5.91 Å². The number of aliphatic hydroxyl groups excluding tert-OH is 1. The van der Waals surface area contributed by atoms with E-state index in [1.54, 1.807) is 36.4 Å². The van der Waals surface area contributed by atoms with E-state index in [9.17, 15) is 39.0 Å². The third kappa shape index (κ3) is 12.2. The molecular formula is C48H62N6O9. The van der Waals surface area contributed by atoms with Crippen LogP contribution >= 0.6 is 0 Å². The fraction of sp³-hybridized carbons (Fsp3) is 0.500. The molecule has 3 aromatic rings. The van der Waals surface area contributed by atoms with Gasteiger partial charge in [-0.25, -0.2) is 0 Å². The highest BCUT2D eigenvalue weighted by Crippen LogP contribution is 2.61. The van der Waals surface area contributed by atoms with Crippen molar-refractivity contribution >= 4 is 35.4 Å². The molecule has 9 N–H and O–H groups in total. The smallest absolute Gasteiger partial charge is 0.258 e.